The molecule has 1 amide bonds. The molecule has 18 heavy (non-hydrogen) atoms. The summed E-state index contributed by atoms with van der Waals surface area (Å²) in [6.45, 7) is 3.61. The molecule has 0 aliphatic heterocycles. The number of primary amides is 1. The van der Waals surface area contributed by atoms with Crippen molar-refractivity contribution in [2.75, 3.05) is 0 Å². The first kappa shape index (κ1) is 12.4. The smallest absolute Gasteiger partial charge is 0.249 e. The number of halogens is 1. The molecule has 0 spiro atoms. The minimum Gasteiger partial charge on any atom is -0.507 e. The van der Waals surface area contributed by atoms with Crippen LogP contribution in [-0.2, 0) is 6.42 Å². The van der Waals surface area contributed by atoms with Crippen molar-refractivity contribution in [3.63, 3.8) is 0 Å². The summed E-state index contributed by atoms with van der Waals surface area (Å²) in [5.41, 5.74) is 6.85. The van der Waals surface area contributed by atoms with E-state index in [0.717, 1.165) is 5.56 Å². The van der Waals surface area contributed by atoms with Crippen molar-refractivity contribution in [1.29, 1.82) is 0 Å². The Hall–Kier alpha value is -2.10. The van der Waals surface area contributed by atoms with E-state index in [1.165, 1.54) is 12.1 Å². The van der Waals surface area contributed by atoms with Crippen molar-refractivity contribution in [2.45, 2.75) is 20.3 Å². The number of hydrogen-bond acceptors (Lipinski definition) is 2. The number of carbonyl (C=O) groups excluding carboxylic acids is 1. The van der Waals surface area contributed by atoms with Gasteiger partial charge in [0.2, 0.25) is 5.91 Å². The van der Waals surface area contributed by atoms with Gasteiger partial charge in [-0.3, -0.25) is 4.79 Å². The number of hydrogen-bond donors (Lipinski definition) is 2. The molecule has 0 atom stereocenters. The zero-order valence-corrected chi connectivity index (χ0v) is 10.2. The second kappa shape index (κ2) is 4.29. The Balaban J connectivity index is 2.93. The van der Waals surface area contributed by atoms with Gasteiger partial charge >= 0.3 is 0 Å². The molecule has 0 bridgehead atoms. The van der Waals surface area contributed by atoms with E-state index in [9.17, 15) is 14.3 Å². The summed E-state index contributed by atoms with van der Waals surface area (Å²) >= 11 is 0. The molecule has 0 heterocycles. The van der Waals surface area contributed by atoms with Gasteiger partial charge in [0.05, 0.1) is 5.39 Å². The third kappa shape index (κ3) is 1.79. The molecule has 3 N–H and O–H groups in total. The van der Waals surface area contributed by atoms with Crippen LogP contribution in [0.5, 0.6) is 5.75 Å². The Bertz CT molecular complexity index is 650. The van der Waals surface area contributed by atoms with Gasteiger partial charge in [-0.25, -0.2) is 4.39 Å². The lowest BCUT2D eigenvalue weighted by Gasteiger charge is -2.11. The predicted molar refractivity (Wildman–Crippen MR) is 68.2 cm³/mol. The highest BCUT2D eigenvalue weighted by Gasteiger charge is 2.15. The normalized spacial score (nSPS) is 10.8. The number of amides is 1. The fourth-order valence-electron chi connectivity index (χ4n) is 2.14. The Morgan fingerprint density at radius 1 is 1.39 bits per heavy atom. The summed E-state index contributed by atoms with van der Waals surface area (Å²) in [5.74, 6) is -1.38. The highest BCUT2D eigenvalue weighted by molar-refractivity contribution is 6.03. The number of fused-ring (bicyclic) bond motifs is 1. The Morgan fingerprint density at radius 2 is 2.06 bits per heavy atom. The van der Waals surface area contributed by atoms with E-state index in [2.05, 4.69) is 0 Å². The summed E-state index contributed by atoms with van der Waals surface area (Å²) in [4.78, 5) is 11.3. The third-order valence-corrected chi connectivity index (χ3v) is 3.17. The van der Waals surface area contributed by atoms with Crippen LogP contribution in [0.4, 0.5) is 4.39 Å². The van der Waals surface area contributed by atoms with Crippen molar-refractivity contribution in [2.24, 2.45) is 5.73 Å². The molecule has 0 aliphatic carbocycles. The van der Waals surface area contributed by atoms with Crippen LogP contribution < -0.4 is 5.73 Å². The SMILES string of the molecule is CCc1cc(F)c2c(O)cc(C(N)=O)c(C)c2c1. The van der Waals surface area contributed by atoms with Crippen molar-refractivity contribution >= 4 is 16.7 Å². The van der Waals surface area contributed by atoms with Crippen LogP contribution >= 0.6 is 0 Å². The van der Waals surface area contributed by atoms with Gasteiger partial charge in [0.15, 0.2) is 0 Å². The number of benzene rings is 2. The van der Waals surface area contributed by atoms with Crippen molar-refractivity contribution in [3.8, 4) is 5.75 Å². The predicted octanol–water partition coefficient (Wildman–Crippen LogP) is 2.65. The number of aryl methyl sites for hydroxylation is 2. The van der Waals surface area contributed by atoms with Crippen molar-refractivity contribution in [1.82, 2.24) is 0 Å². The van der Waals surface area contributed by atoms with Gasteiger partial charge in [-0.2, -0.15) is 0 Å². The van der Waals surface area contributed by atoms with Crippen molar-refractivity contribution in [3.05, 3.63) is 40.7 Å². The van der Waals surface area contributed by atoms with Gasteiger partial charge < -0.3 is 10.8 Å². The summed E-state index contributed by atoms with van der Waals surface area (Å²) in [6, 6.07) is 4.39. The maximum Gasteiger partial charge on any atom is 0.249 e. The van der Waals surface area contributed by atoms with Crippen LogP contribution in [0.15, 0.2) is 18.2 Å². The fourth-order valence-corrected chi connectivity index (χ4v) is 2.14. The highest BCUT2D eigenvalue weighted by Crippen LogP contribution is 2.33. The summed E-state index contributed by atoms with van der Waals surface area (Å²) in [6.07, 6.45) is 0.674. The molecule has 0 aliphatic rings. The number of phenols is 1. The van der Waals surface area contributed by atoms with E-state index in [0.29, 0.717) is 17.4 Å². The van der Waals surface area contributed by atoms with Gasteiger partial charge in [-0.15, -0.1) is 0 Å². The lowest BCUT2D eigenvalue weighted by Crippen LogP contribution is -2.13. The van der Waals surface area contributed by atoms with Crippen LogP contribution in [-0.4, -0.2) is 11.0 Å². The molecule has 0 radical (unpaired) electrons. The maximum atomic E-state index is 13.9. The van der Waals surface area contributed by atoms with E-state index in [4.69, 9.17) is 5.73 Å². The zero-order valence-electron chi connectivity index (χ0n) is 10.2. The number of aromatic hydroxyl groups is 1. The molecule has 3 nitrogen and oxygen atoms in total. The highest BCUT2D eigenvalue weighted by atomic mass is 19.1. The fraction of sp³-hybridized carbons (Fsp3) is 0.214. The van der Waals surface area contributed by atoms with Crippen LogP contribution in [0.2, 0.25) is 0 Å². The average molecular weight is 247 g/mol. The quantitative estimate of drug-likeness (QED) is 0.856. The Morgan fingerprint density at radius 3 is 2.61 bits per heavy atom. The molecule has 0 aromatic heterocycles. The van der Waals surface area contributed by atoms with Crippen LogP contribution in [0, 0.1) is 12.7 Å². The third-order valence-electron chi connectivity index (χ3n) is 3.17. The summed E-state index contributed by atoms with van der Waals surface area (Å²) in [5, 5.41) is 10.5. The first-order chi connectivity index (χ1) is 8.45. The Labute approximate surface area is 104 Å². The van der Waals surface area contributed by atoms with Gasteiger partial charge in [-0.1, -0.05) is 13.0 Å². The molecule has 0 fully saturated rings. The van der Waals surface area contributed by atoms with Gasteiger partial charge in [0, 0.05) is 5.56 Å². The largest absolute Gasteiger partial charge is 0.507 e. The first-order valence-electron chi connectivity index (χ1n) is 5.70. The van der Waals surface area contributed by atoms with Gasteiger partial charge in [-0.05, 0) is 42.0 Å². The van der Waals surface area contributed by atoms with Gasteiger partial charge in [0.25, 0.3) is 0 Å². The number of nitrogens with two attached hydrogens (primary N) is 1. The van der Waals surface area contributed by atoms with E-state index in [1.54, 1.807) is 13.0 Å². The molecule has 94 valence electrons. The number of rotatable bonds is 2. The molecule has 0 saturated heterocycles. The van der Waals surface area contributed by atoms with E-state index < -0.39 is 11.7 Å². The molecular formula is C14H14FNO2. The van der Waals surface area contributed by atoms with Gasteiger partial charge in [0.1, 0.15) is 11.6 Å². The molecule has 2 aromatic rings. The lowest BCUT2D eigenvalue weighted by atomic mass is 9.96. The number of phenolic OH excluding ortho intramolecular Hbond substituents is 1. The summed E-state index contributed by atoms with van der Waals surface area (Å²) < 4.78 is 13.9. The molecule has 2 aromatic carbocycles. The molecule has 2 rings (SSSR count). The van der Waals surface area contributed by atoms with E-state index in [1.807, 2.05) is 6.92 Å². The molecule has 0 saturated carbocycles. The summed E-state index contributed by atoms with van der Waals surface area (Å²) in [7, 11) is 0. The van der Waals surface area contributed by atoms with E-state index in [-0.39, 0.29) is 16.7 Å². The minimum atomic E-state index is -0.632. The van der Waals surface area contributed by atoms with Crippen LogP contribution in [0.1, 0.15) is 28.4 Å². The zero-order chi connectivity index (χ0) is 13.4. The number of carbonyl (C=O) groups is 1. The molecule has 0 unspecified atom stereocenters. The standard InChI is InChI=1S/C14H14FNO2/c1-3-8-4-9-7(2)10(14(16)18)6-12(17)13(9)11(15)5-8/h4-6,17H,3H2,1-2H3,(H2,16,18). The maximum absolute atomic E-state index is 13.9. The molecule has 4 heteroatoms. The van der Waals surface area contributed by atoms with E-state index >= 15 is 0 Å². The monoisotopic (exact) mass is 247 g/mol. The second-order valence-corrected chi connectivity index (χ2v) is 4.29. The average Bonchev–Trinajstić information content (AvgIpc) is 2.32. The molecular weight excluding hydrogens is 233 g/mol. The second-order valence-electron chi connectivity index (χ2n) is 4.29. The minimum absolute atomic E-state index is 0.134. The first-order valence-corrected chi connectivity index (χ1v) is 5.70. The lowest BCUT2D eigenvalue weighted by molar-refractivity contribution is 0.0999. The van der Waals surface area contributed by atoms with Crippen LogP contribution in [0.25, 0.3) is 10.8 Å². The topological polar surface area (TPSA) is 63.3 Å². The van der Waals surface area contributed by atoms with Crippen molar-refractivity contribution < 1.29 is 14.3 Å². The Kier molecular flexibility index (Phi) is 2.95. The van der Waals surface area contributed by atoms with Crippen LogP contribution in [0.3, 0.4) is 0 Å².